The molecule has 0 heterocycles. The third-order valence-corrected chi connectivity index (χ3v) is 2.45. The fraction of sp³-hybridized carbons (Fsp3) is 0.875. The first-order chi connectivity index (χ1) is 4.72. The summed E-state index contributed by atoms with van der Waals surface area (Å²) >= 11 is 9.17. The van der Waals surface area contributed by atoms with E-state index in [1.165, 1.54) is 19.3 Å². The second-order valence-corrected chi connectivity index (χ2v) is 3.81. The normalized spacial score (nSPS) is 13.1. The predicted octanol–water partition coefficient (Wildman–Crippen LogP) is 3.46. The van der Waals surface area contributed by atoms with Crippen molar-refractivity contribution in [1.82, 2.24) is 0 Å². The van der Waals surface area contributed by atoms with E-state index in [2.05, 4.69) is 26.5 Å². The summed E-state index contributed by atoms with van der Waals surface area (Å²) in [4.78, 5) is 0. The van der Waals surface area contributed by atoms with Gasteiger partial charge in [0.1, 0.15) is 0 Å². The van der Waals surface area contributed by atoms with Gasteiger partial charge in [0.2, 0.25) is 0 Å². The van der Waals surface area contributed by atoms with Gasteiger partial charge in [-0.3, -0.25) is 0 Å². The summed E-state index contributed by atoms with van der Waals surface area (Å²) in [6.07, 6.45) is 4.89. The molecule has 60 valence electrons. The highest BCUT2D eigenvalue weighted by molar-refractivity contribution is 8.11. The molecule has 0 fully saturated rings. The highest BCUT2D eigenvalue weighted by Gasteiger charge is 2.06. The summed E-state index contributed by atoms with van der Waals surface area (Å²) in [6, 6.07) is 0. The van der Waals surface area contributed by atoms with Crippen LogP contribution < -0.4 is 0 Å². The lowest BCUT2D eigenvalue weighted by Crippen LogP contribution is -2.04. The average molecular weight is 176 g/mol. The van der Waals surface area contributed by atoms with E-state index in [4.69, 9.17) is 12.2 Å². The molecule has 0 radical (unpaired) electrons. The summed E-state index contributed by atoms with van der Waals surface area (Å²) in [5, 5.41) is 0. The Morgan fingerprint density at radius 3 is 2.40 bits per heavy atom. The van der Waals surface area contributed by atoms with Gasteiger partial charge in [0.15, 0.2) is 0 Å². The molecular weight excluding hydrogens is 160 g/mol. The third kappa shape index (κ3) is 4.29. The molecule has 0 saturated heterocycles. The summed E-state index contributed by atoms with van der Waals surface area (Å²) in [7, 11) is 0. The van der Waals surface area contributed by atoms with E-state index in [1.807, 2.05) is 0 Å². The minimum atomic E-state index is 0.568. The topological polar surface area (TPSA) is 0 Å². The average Bonchev–Trinajstić information content (AvgIpc) is 1.89. The Bertz CT molecular complexity index is 99.4. The van der Waals surface area contributed by atoms with Crippen LogP contribution in [0.15, 0.2) is 0 Å². The standard InChI is InChI=1S/C8H16S2/c1-3-5-6-7(4-2)8(9)10/h7H,3-6H2,1-2H3,(H,9,10). The Hall–Kier alpha value is 0.440. The Morgan fingerprint density at radius 1 is 1.50 bits per heavy atom. The number of rotatable bonds is 5. The van der Waals surface area contributed by atoms with Crippen LogP contribution in [0, 0.1) is 5.92 Å². The Balaban J connectivity index is 3.50. The molecule has 2 heteroatoms. The molecule has 0 N–H and O–H groups in total. The van der Waals surface area contributed by atoms with Gasteiger partial charge >= 0.3 is 0 Å². The van der Waals surface area contributed by atoms with Crippen LogP contribution in [0.5, 0.6) is 0 Å². The zero-order valence-electron chi connectivity index (χ0n) is 6.76. The van der Waals surface area contributed by atoms with Crippen molar-refractivity contribution in [2.75, 3.05) is 0 Å². The van der Waals surface area contributed by atoms with Crippen LogP contribution in [0.1, 0.15) is 39.5 Å². The van der Waals surface area contributed by atoms with Crippen LogP contribution in [-0.4, -0.2) is 4.20 Å². The van der Waals surface area contributed by atoms with E-state index in [0.717, 1.165) is 10.6 Å². The fourth-order valence-corrected chi connectivity index (χ4v) is 1.55. The van der Waals surface area contributed by atoms with Gasteiger partial charge in [0.05, 0.1) is 0 Å². The number of thiocarbonyl (C=S) groups is 1. The fourth-order valence-electron chi connectivity index (χ4n) is 0.953. The first kappa shape index (κ1) is 10.4. The van der Waals surface area contributed by atoms with E-state index in [-0.39, 0.29) is 0 Å². The molecule has 0 aromatic carbocycles. The molecule has 0 bridgehead atoms. The van der Waals surface area contributed by atoms with Crippen LogP contribution in [-0.2, 0) is 0 Å². The maximum atomic E-state index is 4.99. The minimum Gasteiger partial charge on any atom is -0.136 e. The molecule has 10 heavy (non-hydrogen) atoms. The van der Waals surface area contributed by atoms with Crippen molar-refractivity contribution in [3.8, 4) is 0 Å². The van der Waals surface area contributed by atoms with Crippen LogP contribution in [0.25, 0.3) is 0 Å². The number of thiol groups is 1. The van der Waals surface area contributed by atoms with Gasteiger partial charge < -0.3 is 0 Å². The monoisotopic (exact) mass is 176 g/mol. The van der Waals surface area contributed by atoms with E-state index in [0.29, 0.717) is 5.92 Å². The van der Waals surface area contributed by atoms with Gasteiger partial charge in [-0.15, -0.1) is 12.6 Å². The largest absolute Gasteiger partial charge is 0.136 e. The minimum absolute atomic E-state index is 0.568. The Morgan fingerprint density at radius 2 is 2.10 bits per heavy atom. The number of hydrogen-bond acceptors (Lipinski definition) is 1. The first-order valence-corrected chi connectivity index (χ1v) is 4.80. The van der Waals surface area contributed by atoms with E-state index in [1.54, 1.807) is 0 Å². The van der Waals surface area contributed by atoms with Crippen molar-refractivity contribution in [1.29, 1.82) is 0 Å². The molecule has 1 atom stereocenters. The zero-order chi connectivity index (χ0) is 7.98. The Labute approximate surface area is 74.8 Å². The molecule has 0 amide bonds. The molecule has 0 rings (SSSR count). The quantitative estimate of drug-likeness (QED) is 0.494. The van der Waals surface area contributed by atoms with Crippen molar-refractivity contribution in [3.63, 3.8) is 0 Å². The summed E-state index contributed by atoms with van der Waals surface area (Å²) < 4.78 is 0.885. The van der Waals surface area contributed by atoms with Crippen LogP contribution in [0.2, 0.25) is 0 Å². The smallest absolute Gasteiger partial charge is 0.0478 e. The molecule has 0 saturated carbocycles. The number of hydrogen-bond donors (Lipinski definition) is 1. The molecule has 0 aliphatic rings. The molecule has 0 aliphatic carbocycles. The van der Waals surface area contributed by atoms with Gasteiger partial charge in [-0.05, 0) is 18.8 Å². The first-order valence-electron chi connectivity index (χ1n) is 3.95. The SMILES string of the molecule is CCCCC(CC)C(=S)S. The molecule has 0 spiro atoms. The summed E-state index contributed by atoms with van der Waals surface area (Å²) in [5.41, 5.74) is 0. The lowest BCUT2D eigenvalue weighted by Gasteiger charge is -2.10. The van der Waals surface area contributed by atoms with Gasteiger partial charge in [0.25, 0.3) is 0 Å². The van der Waals surface area contributed by atoms with E-state index < -0.39 is 0 Å². The second-order valence-electron chi connectivity index (χ2n) is 2.59. The summed E-state index contributed by atoms with van der Waals surface area (Å²) in [6.45, 7) is 4.37. The summed E-state index contributed by atoms with van der Waals surface area (Å²) in [5.74, 6) is 0.568. The predicted molar refractivity (Wildman–Crippen MR) is 54.9 cm³/mol. The van der Waals surface area contributed by atoms with Crippen molar-refractivity contribution < 1.29 is 0 Å². The lowest BCUT2D eigenvalue weighted by molar-refractivity contribution is 0.578. The highest BCUT2D eigenvalue weighted by Crippen LogP contribution is 2.16. The van der Waals surface area contributed by atoms with Gasteiger partial charge in [0, 0.05) is 4.20 Å². The van der Waals surface area contributed by atoms with Crippen LogP contribution >= 0.6 is 24.8 Å². The maximum absolute atomic E-state index is 4.99. The second kappa shape index (κ2) is 6.17. The lowest BCUT2D eigenvalue weighted by atomic mass is 10.0. The molecule has 0 aromatic rings. The molecule has 0 nitrogen and oxygen atoms in total. The van der Waals surface area contributed by atoms with Crippen LogP contribution in [0.4, 0.5) is 0 Å². The molecule has 0 aliphatic heterocycles. The van der Waals surface area contributed by atoms with Gasteiger partial charge in [-0.25, -0.2) is 0 Å². The van der Waals surface area contributed by atoms with Crippen molar-refractivity contribution >= 4 is 29.0 Å². The maximum Gasteiger partial charge on any atom is 0.0478 e. The zero-order valence-corrected chi connectivity index (χ0v) is 8.47. The van der Waals surface area contributed by atoms with Gasteiger partial charge in [-0.1, -0.05) is 38.9 Å². The van der Waals surface area contributed by atoms with Crippen molar-refractivity contribution in [2.24, 2.45) is 5.92 Å². The molecular formula is C8H16S2. The molecule has 0 aromatic heterocycles. The number of unbranched alkanes of at least 4 members (excludes halogenated alkanes) is 1. The van der Waals surface area contributed by atoms with Crippen molar-refractivity contribution in [2.45, 2.75) is 39.5 Å². The highest BCUT2D eigenvalue weighted by atomic mass is 32.1. The van der Waals surface area contributed by atoms with Crippen molar-refractivity contribution in [3.05, 3.63) is 0 Å². The van der Waals surface area contributed by atoms with Crippen LogP contribution in [0.3, 0.4) is 0 Å². The third-order valence-electron chi connectivity index (χ3n) is 1.75. The van der Waals surface area contributed by atoms with Gasteiger partial charge in [-0.2, -0.15) is 0 Å². The van der Waals surface area contributed by atoms with E-state index >= 15 is 0 Å². The molecule has 1 unspecified atom stereocenters. The van der Waals surface area contributed by atoms with E-state index in [9.17, 15) is 0 Å². The Kier molecular flexibility index (Phi) is 6.44.